The van der Waals surface area contributed by atoms with Crippen LogP contribution in [0, 0.1) is 0 Å². The lowest BCUT2D eigenvalue weighted by atomic mass is 10.1. The minimum atomic E-state index is -0.464. The molecule has 1 aliphatic rings. The summed E-state index contributed by atoms with van der Waals surface area (Å²) in [6.07, 6.45) is 0. The zero-order chi connectivity index (χ0) is 14.0. The Morgan fingerprint density at radius 1 is 1.53 bits per heavy atom. The molecule has 104 valence electrons. The molecule has 1 aliphatic heterocycles. The van der Waals surface area contributed by atoms with Crippen molar-refractivity contribution >= 4 is 34.8 Å². The highest BCUT2D eigenvalue weighted by Crippen LogP contribution is 2.25. The Hall–Kier alpha value is -1.11. The van der Waals surface area contributed by atoms with Crippen molar-refractivity contribution in [2.45, 2.75) is 6.04 Å². The highest BCUT2D eigenvalue weighted by Gasteiger charge is 2.34. The van der Waals surface area contributed by atoms with Gasteiger partial charge in [0.15, 0.2) is 0 Å². The van der Waals surface area contributed by atoms with E-state index < -0.39 is 6.04 Å². The summed E-state index contributed by atoms with van der Waals surface area (Å²) >= 11 is 7.30. The topological polar surface area (TPSA) is 52.7 Å². The minimum Gasteiger partial charge on any atom is -0.347 e. The van der Waals surface area contributed by atoms with E-state index in [0.717, 1.165) is 0 Å². The molecule has 1 atom stereocenters. The Kier molecular flexibility index (Phi) is 4.44. The van der Waals surface area contributed by atoms with Crippen LogP contribution in [0.2, 0.25) is 5.02 Å². The van der Waals surface area contributed by atoms with E-state index >= 15 is 0 Å². The second-order valence-corrected chi connectivity index (χ2v) is 5.87. The van der Waals surface area contributed by atoms with Crippen molar-refractivity contribution in [3.05, 3.63) is 21.3 Å². The lowest BCUT2D eigenvalue weighted by Crippen LogP contribution is -2.59. The highest BCUT2D eigenvalue weighted by atomic mass is 35.5. The van der Waals surface area contributed by atoms with Crippen molar-refractivity contribution in [2.75, 3.05) is 33.7 Å². The smallest absolute Gasteiger partial charge is 0.266 e. The first-order chi connectivity index (χ1) is 9.02. The van der Waals surface area contributed by atoms with Gasteiger partial charge in [0, 0.05) is 33.7 Å². The molecule has 0 spiro atoms. The molecule has 7 heteroatoms. The Morgan fingerprint density at radius 2 is 2.26 bits per heavy atom. The van der Waals surface area contributed by atoms with Crippen molar-refractivity contribution in [1.82, 2.24) is 15.1 Å². The Labute approximate surface area is 121 Å². The molecule has 2 amide bonds. The molecule has 1 saturated heterocycles. The third kappa shape index (κ3) is 2.91. The Bertz CT molecular complexity index is 489. The van der Waals surface area contributed by atoms with Crippen LogP contribution in [0.1, 0.15) is 9.67 Å². The number of amides is 2. The van der Waals surface area contributed by atoms with Crippen LogP contribution in [-0.2, 0) is 4.79 Å². The quantitative estimate of drug-likeness (QED) is 0.883. The average Bonchev–Trinajstić information content (AvgIpc) is 2.83. The van der Waals surface area contributed by atoms with Crippen molar-refractivity contribution in [2.24, 2.45) is 0 Å². The van der Waals surface area contributed by atoms with Gasteiger partial charge in [0.1, 0.15) is 10.9 Å². The van der Waals surface area contributed by atoms with Crippen LogP contribution in [0.25, 0.3) is 0 Å². The van der Waals surface area contributed by atoms with Gasteiger partial charge in [-0.15, -0.1) is 11.3 Å². The molecule has 5 nitrogen and oxygen atoms in total. The van der Waals surface area contributed by atoms with Gasteiger partial charge in [-0.05, 0) is 11.4 Å². The Balaban J connectivity index is 2.23. The number of carbonyl (C=O) groups excluding carboxylic acids is 2. The molecular weight excluding hydrogens is 286 g/mol. The average molecular weight is 302 g/mol. The lowest BCUT2D eigenvalue weighted by molar-refractivity contribution is -0.134. The second-order valence-electron chi connectivity index (χ2n) is 4.55. The number of nitrogens with zero attached hydrogens (tertiary/aromatic N) is 2. The van der Waals surface area contributed by atoms with E-state index in [0.29, 0.717) is 29.5 Å². The molecular formula is C12H16ClN3O2S. The van der Waals surface area contributed by atoms with Gasteiger partial charge in [-0.1, -0.05) is 11.6 Å². The first kappa shape index (κ1) is 14.3. The van der Waals surface area contributed by atoms with Crippen LogP contribution >= 0.6 is 22.9 Å². The first-order valence-corrected chi connectivity index (χ1v) is 7.24. The molecule has 1 aromatic rings. The molecule has 0 bridgehead atoms. The fraction of sp³-hybridized carbons (Fsp3) is 0.500. The zero-order valence-corrected chi connectivity index (χ0v) is 12.4. The molecule has 1 unspecified atom stereocenters. The summed E-state index contributed by atoms with van der Waals surface area (Å²) in [5.74, 6) is -0.241. The summed E-state index contributed by atoms with van der Waals surface area (Å²) in [5, 5.41) is 5.37. The number of nitrogens with one attached hydrogen (secondary N) is 1. The molecule has 1 N–H and O–H groups in total. The number of rotatable bonds is 2. The zero-order valence-electron chi connectivity index (χ0n) is 10.9. The molecule has 0 saturated carbocycles. The van der Waals surface area contributed by atoms with Gasteiger partial charge >= 0.3 is 0 Å². The van der Waals surface area contributed by atoms with Gasteiger partial charge in [-0.25, -0.2) is 0 Å². The summed E-state index contributed by atoms with van der Waals surface area (Å²) in [4.78, 5) is 28.2. The number of thiophene rings is 1. The largest absolute Gasteiger partial charge is 0.347 e. The van der Waals surface area contributed by atoms with E-state index in [-0.39, 0.29) is 11.8 Å². The van der Waals surface area contributed by atoms with Crippen LogP contribution in [0.4, 0.5) is 0 Å². The summed E-state index contributed by atoms with van der Waals surface area (Å²) < 4.78 is 0. The van der Waals surface area contributed by atoms with Crippen LogP contribution in [0.15, 0.2) is 11.4 Å². The first-order valence-electron chi connectivity index (χ1n) is 5.98. The van der Waals surface area contributed by atoms with Gasteiger partial charge in [0.2, 0.25) is 5.91 Å². The fourth-order valence-electron chi connectivity index (χ4n) is 2.04. The van der Waals surface area contributed by atoms with Crippen LogP contribution in [0.5, 0.6) is 0 Å². The van der Waals surface area contributed by atoms with E-state index in [2.05, 4.69) is 5.32 Å². The number of halogens is 1. The van der Waals surface area contributed by atoms with E-state index in [1.807, 2.05) is 0 Å². The van der Waals surface area contributed by atoms with Crippen LogP contribution in [-0.4, -0.2) is 61.4 Å². The monoisotopic (exact) mass is 301 g/mol. The van der Waals surface area contributed by atoms with Crippen LogP contribution < -0.4 is 5.32 Å². The molecule has 1 fully saturated rings. The van der Waals surface area contributed by atoms with Crippen LogP contribution in [0.3, 0.4) is 0 Å². The van der Waals surface area contributed by atoms with E-state index in [1.165, 1.54) is 16.2 Å². The van der Waals surface area contributed by atoms with Gasteiger partial charge in [0.05, 0.1) is 5.02 Å². The van der Waals surface area contributed by atoms with Crippen molar-refractivity contribution in [1.29, 1.82) is 0 Å². The SMILES string of the molecule is CN(C)C(=O)C1CNCCN1C(=O)c1sccc1Cl. The third-order valence-corrected chi connectivity index (χ3v) is 4.37. The van der Waals surface area contributed by atoms with Gasteiger partial charge in [0.25, 0.3) is 5.91 Å². The molecule has 0 radical (unpaired) electrons. The third-order valence-electron chi connectivity index (χ3n) is 3.04. The molecule has 2 heterocycles. The summed E-state index contributed by atoms with van der Waals surface area (Å²) in [6, 6.07) is 1.24. The Morgan fingerprint density at radius 3 is 2.84 bits per heavy atom. The van der Waals surface area contributed by atoms with Gasteiger partial charge in [-0.2, -0.15) is 0 Å². The van der Waals surface area contributed by atoms with Gasteiger partial charge in [-0.3, -0.25) is 9.59 Å². The standard InChI is InChI=1S/C12H16ClN3O2S/c1-15(2)11(17)9-7-14-4-5-16(9)12(18)10-8(13)3-6-19-10/h3,6,9,14H,4-5,7H2,1-2H3. The summed E-state index contributed by atoms with van der Waals surface area (Å²) in [5.41, 5.74) is 0. The summed E-state index contributed by atoms with van der Waals surface area (Å²) in [6.45, 7) is 1.68. The number of carbonyl (C=O) groups is 2. The molecule has 0 aliphatic carbocycles. The van der Waals surface area contributed by atoms with E-state index in [4.69, 9.17) is 11.6 Å². The van der Waals surface area contributed by atoms with E-state index in [1.54, 1.807) is 30.4 Å². The molecule has 19 heavy (non-hydrogen) atoms. The normalized spacial score (nSPS) is 19.3. The number of hydrogen-bond acceptors (Lipinski definition) is 4. The molecule has 2 rings (SSSR count). The highest BCUT2D eigenvalue weighted by molar-refractivity contribution is 7.12. The maximum absolute atomic E-state index is 12.5. The van der Waals surface area contributed by atoms with Gasteiger partial charge < -0.3 is 15.1 Å². The van der Waals surface area contributed by atoms with Crippen molar-refractivity contribution < 1.29 is 9.59 Å². The van der Waals surface area contributed by atoms with Crippen molar-refractivity contribution in [3.63, 3.8) is 0 Å². The fourth-order valence-corrected chi connectivity index (χ4v) is 3.13. The number of hydrogen-bond donors (Lipinski definition) is 1. The maximum Gasteiger partial charge on any atom is 0.266 e. The predicted octanol–water partition coefficient (Wildman–Crippen LogP) is 0.904. The maximum atomic E-state index is 12.5. The number of likely N-dealkylation sites (N-methyl/N-ethyl adjacent to an activating group) is 1. The van der Waals surface area contributed by atoms with Crippen molar-refractivity contribution in [3.8, 4) is 0 Å². The van der Waals surface area contributed by atoms with E-state index in [9.17, 15) is 9.59 Å². The minimum absolute atomic E-state index is 0.0757. The summed E-state index contributed by atoms with van der Waals surface area (Å²) in [7, 11) is 3.38. The lowest BCUT2D eigenvalue weighted by Gasteiger charge is -2.36. The number of piperazine rings is 1. The predicted molar refractivity (Wildman–Crippen MR) is 75.7 cm³/mol. The second kappa shape index (κ2) is 5.90. The molecule has 0 aromatic carbocycles. The molecule has 1 aromatic heterocycles.